The highest BCUT2D eigenvalue weighted by molar-refractivity contribution is 5.76. The zero-order valence-corrected chi connectivity index (χ0v) is 12.4. The van der Waals surface area contributed by atoms with E-state index in [2.05, 4.69) is 9.88 Å². The summed E-state index contributed by atoms with van der Waals surface area (Å²) in [6, 6.07) is 0. The van der Waals surface area contributed by atoms with Crippen molar-refractivity contribution in [3.63, 3.8) is 0 Å². The van der Waals surface area contributed by atoms with Crippen LogP contribution < -0.4 is 0 Å². The number of aromatic nitrogens is 1. The van der Waals surface area contributed by atoms with Gasteiger partial charge in [0, 0.05) is 20.6 Å². The largest absolute Gasteiger partial charge is 0.445 e. The number of carbonyl (C=O) groups excluding carboxylic acids is 1. The standard InChI is InChI=1S/C14H23N3O3/c1-11-8-15-12(20-11)9-17-6-4-5-14(19,10-17)7-13(18)16(2)3/h8,19H,4-7,9-10H2,1-3H3. The van der Waals surface area contributed by atoms with E-state index in [9.17, 15) is 9.90 Å². The van der Waals surface area contributed by atoms with Crippen LogP contribution in [0, 0.1) is 6.92 Å². The van der Waals surface area contributed by atoms with Gasteiger partial charge in [-0.15, -0.1) is 0 Å². The number of carbonyl (C=O) groups is 1. The lowest BCUT2D eigenvalue weighted by molar-refractivity contribution is -0.136. The Kier molecular flexibility index (Phi) is 4.45. The van der Waals surface area contributed by atoms with Crippen LogP contribution in [0.15, 0.2) is 10.6 Å². The second-order valence-corrected chi connectivity index (χ2v) is 5.87. The maximum atomic E-state index is 11.8. The Morgan fingerprint density at radius 3 is 2.95 bits per heavy atom. The molecule has 0 radical (unpaired) electrons. The first kappa shape index (κ1) is 15.0. The Hall–Kier alpha value is -1.40. The molecule has 1 amide bonds. The van der Waals surface area contributed by atoms with Gasteiger partial charge in [-0.25, -0.2) is 4.98 Å². The number of aliphatic hydroxyl groups is 1. The number of oxazole rings is 1. The number of β-amino-alcohol motifs (C(OH)–C–C–N with tert-alkyl or cyclic N) is 1. The second-order valence-electron chi connectivity index (χ2n) is 5.87. The van der Waals surface area contributed by atoms with Gasteiger partial charge in [-0.3, -0.25) is 9.69 Å². The van der Waals surface area contributed by atoms with Gasteiger partial charge in [0.1, 0.15) is 5.76 Å². The minimum Gasteiger partial charge on any atom is -0.445 e. The lowest BCUT2D eigenvalue weighted by atomic mass is 9.89. The highest BCUT2D eigenvalue weighted by Gasteiger charge is 2.36. The SMILES string of the molecule is Cc1cnc(CN2CCCC(O)(CC(=O)N(C)C)C2)o1. The van der Waals surface area contributed by atoms with Gasteiger partial charge in [0.15, 0.2) is 0 Å². The van der Waals surface area contributed by atoms with E-state index in [0.29, 0.717) is 25.4 Å². The molecule has 0 saturated carbocycles. The predicted octanol–water partition coefficient (Wildman–Crippen LogP) is 0.788. The average molecular weight is 281 g/mol. The Morgan fingerprint density at radius 1 is 1.60 bits per heavy atom. The molecule has 2 heterocycles. The zero-order valence-electron chi connectivity index (χ0n) is 12.4. The van der Waals surface area contributed by atoms with Gasteiger partial charge < -0.3 is 14.4 Å². The number of hydrogen-bond donors (Lipinski definition) is 1. The van der Waals surface area contributed by atoms with Crippen LogP contribution in [0.5, 0.6) is 0 Å². The minimum absolute atomic E-state index is 0.0404. The van der Waals surface area contributed by atoms with Crippen LogP contribution in [0.3, 0.4) is 0 Å². The molecule has 6 heteroatoms. The molecule has 1 aromatic rings. The first-order chi connectivity index (χ1) is 9.38. The van der Waals surface area contributed by atoms with Crippen molar-refractivity contribution >= 4 is 5.91 Å². The molecule has 0 aliphatic carbocycles. The molecule has 112 valence electrons. The summed E-state index contributed by atoms with van der Waals surface area (Å²) in [7, 11) is 3.42. The highest BCUT2D eigenvalue weighted by Crippen LogP contribution is 2.26. The molecule has 1 aromatic heterocycles. The summed E-state index contributed by atoms with van der Waals surface area (Å²) in [4.78, 5) is 19.6. The third kappa shape index (κ3) is 3.80. The van der Waals surface area contributed by atoms with Gasteiger partial charge in [0.05, 0.1) is 24.8 Å². The van der Waals surface area contributed by atoms with Gasteiger partial charge in [-0.2, -0.15) is 0 Å². The number of nitrogens with zero attached hydrogens (tertiary/aromatic N) is 3. The number of aryl methyl sites for hydroxylation is 1. The van der Waals surface area contributed by atoms with Gasteiger partial charge >= 0.3 is 0 Å². The Morgan fingerprint density at radius 2 is 2.35 bits per heavy atom. The number of likely N-dealkylation sites (tertiary alicyclic amines) is 1. The normalized spacial score (nSPS) is 23.8. The molecule has 2 rings (SSSR count). The van der Waals surface area contributed by atoms with Crippen LogP contribution in [-0.2, 0) is 11.3 Å². The summed E-state index contributed by atoms with van der Waals surface area (Å²) in [5, 5.41) is 10.6. The maximum absolute atomic E-state index is 11.8. The number of piperidine rings is 1. The van der Waals surface area contributed by atoms with Gasteiger partial charge in [-0.05, 0) is 26.3 Å². The Bertz CT molecular complexity index is 472. The molecular formula is C14H23N3O3. The monoisotopic (exact) mass is 281 g/mol. The second kappa shape index (κ2) is 5.93. The summed E-state index contributed by atoms with van der Waals surface area (Å²) in [5.41, 5.74) is -0.943. The molecule has 1 aliphatic heterocycles. The maximum Gasteiger partial charge on any atom is 0.224 e. The van der Waals surface area contributed by atoms with E-state index in [1.807, 2.05) is 6.92 Å². The predicted molar refractivity (Wildman–Crippen MR) is 74.0 cm³/mol. The van der Waals surface area contributed by atoms with Crippen LogP contribution in [0.1, 0.15) is 30.9 Å². The summed E-state index contributed by atoms with van der Waals surface area (Å²) in [6.07, 6.45) is 3.40. The highest BCUT2D eigenvalue weighted by atomic mass is 16.4. The van der Waals surface area contributed by atoms with Crippen LogP contribution in [0.25, 0.3) is 0 Å². The first-order valence-electron chi connectivity index (χ1n) is 6.94. The topological polar surface area (TPSA) is 69.8 Å². The molecule has 1 unspecified atom stereocenters. The van der Waals surface area contributed by atoms with Crippen LogP contribution in [0.4, 0.5) is 0 Å². The van der Waals surface area contributed by atoms with E-state index in [4.69, 9.17) is 4.42 Å². The lowest BCUT2D eigenvalue weighted by Gasteiger charge is -2.38. The fourth-order valence-electron chi connectivity index (χ4n) is 2.59. The van der Waals surface area contributed by atoms with E-state index < -0.39 is 5.60 Å². The number of amides is 1. The molecule has 1 fully saturated rings. The third-order valence-corrected chi connectivity index (χ3v) is 3.64. The summed E-state index contributed by atoms with van der Waals surface area (Å²) in [5.74, 6) is 1.40. The minimum atomic E-state index is -0.943. The molecular weight excluding hydrogens is 258 g/mol. The van der Waals surface area contributed by atoms with Gasteiger partial charge in [-0.1, -0.05) is 0 Å². The summed E-state index contributed by atoms with van der Waals surface area (Å²) >= 11 is 0. The fraction of sp³-hybridized carbons (Fsp3) is 0.714. The Balaban J connectivity index is 1.95. The van der Waals surface area contributed by atoms with Crippen molar-refractivity contribution in [2.24, 2.45) is 0 Å². The lowest BCUT2D eigenvalue weighted by Crippen LogP contribution is -2.50. The van der Waals surface area contributed by atoms with Gasteiger partial charge in [0.2, 0.25) is 11.8 Å². The molecule has 1 N–H and O–H groups in total. The van der Waals surface area contributed by atoms with E-state index >= 15 is 0 Å². The molecule has 0 aromatic carbocycles. The third-order valence-electron chi connectivity index (χ3n) is 3.64. The van der Waals surface area contributed by atoms with E-state index in [1.165, 1.54) is 4.90 Å². The molecule has 20 heavy (non-hydrogen) atoms. The van der Waals surface area contributed by atoms with Crippen molar-refractivity contribution in [3.8, 4) is 0 Å². The molecule has 1 atom stereocenters. The van der Waals surface area contributed by atoms with Gasteiger partial charge in [0.25, 0.3) is 0 Å². The molecule has 6 nitrogen and oxygen atoms in total. The smallest absolute Gasteiger partial charge is 0.224 e. The quantitative estimate of drug-likeness (QED) is 0.883. The number of hydrogen-bond acceptors (Lipinski definition) is 5. The Labute approximate surface area is 119 Å². The van der Waals surface area contributed by atoms with Crippen LogP contribution in [-0.4, -0.2) is 58.6 Å². The summed E-state index contributed by atoms with van der Waals surface area (Å²) in [6.45, 7) is 3.80. The molecule has 0 bridgehead atoms. The van der Waals surface area contributed by atoms with Crippen molar-refractivity contribution < 1.29 is 14.3 Å². The molecule has 0 spiro atoms. The van der Waals surface area contributed by atoms with E-state index in [0.717, 1.165) is 18.7 Å². The zero-order chi connectivity index (χ0) is 14.8. The fourth-order valence-corrected chi connectivity index (χ4v) is 2.59. The van der Waals surface area contributed by atoms with Crippen molar-refractivity contribution in [1.29, 1.82) is 0 Å². The molecule has 1 saturated heterocycles. The van der Waals surface area contributed by atoms with Crippen molar-refractivity contribution in [1.82, 2.24) is 14.8 Å². The van der Waals surface area contributed by atoms with Crippen molar-refractivity contribution in [2.45, 2.75) is 38.3 Å². The van der Waals surface area contributed by atoms with E-state index in [1.54, 1.807) is 20.3 Å². The van der Waals surface area contributed by atoms with Crippen LogP contribution >= 0.6 is 0 Å². The average Bonchev–Trinajstić information content (AvgIpc) is 2.74. The number of rotatable bonds is 4. The van der Waals surface area contributed by atoms with Crippen LogP contribution in [0.2, 0.25) is 0 Å². The summed E-state index contributed by atoms with van der Waals surface area (Å²) < 4.78 is 5.46. The first-order valence-corrected chi connectivity index (χ1v) is 6.94. The van der Waals surface area contributed by atoms with Crippen molar-refractivity contribution in [2.75, 3.05) is 27.2 Å². The molecule has 1 aliphatic rings. The van der Waals surface area contributed by atoms with Crippen molar-refractivity contribution in [3.05, 3.63) is 17.8 Å². The van der Waals surface area contributed by atoms with E-state index in [-0.39, 0.29) is 12.3 Å².